The van der Waals surface area contributed by atoms with Crippen molar-refractivity contribution in [2.24, 2.45) is 0 Å². The molecule has 1 rings (SSSR count). The average molecular weight is 263 g/mol. The highest BCUT2D eigenvalue weighted by Gasteiger charge is 2.10. The first-order valence-electron chi connectivity index (χ1n) is 7.02. The van der Waals surface area contributed by atoms with Crippen LogP contribution in [0.5, 0.6) is 0 Å². The zero-order chi connectivity index (χ0) is 14.1. The third-order valence-corrected chi connectivity index (χ3v) is 3.36. The summed E-state index contributed by atoms with van der Waals surface area (Å²) in [6, 6.07) is 4.07. The van der Waals surface area contributed by atoms with Crippen molar-refractivity contribution in [2.75, 3.05) is 33.2 Å². The highest BCUT2D eigenvalue weighted by Crippen LogP contribution is 2.00. The lowest BCUT2D eigenvalue weighted by molar-refractivity contribution is -0.131. The molecule has 0 radical (unpaired) electrons. The summed E-state index contributed by atoms with van der Waals surface area (Å²) in [6.45, 7) is 7.44. The maximum absolute atomic E-state index is 11.9. The number of likely N-dealkylation sites (N-methyl/N-ethyl adjacent to an activating group) is 1. The summed E-state index contributed by atoms with van der Waals surface area (Å²) in [5.41, 5.74) is 1.29. The highest BCUT2D eigenvalue weighted by atomic mass is 16.2. The number of rotatable bonds is 8. The van der Waals surface area contributed by atoms with Crippen molar-refractivity contribution in [3.8, 4) is 0 Å². The molecule has 106 valence electrons. The fraction of sp³-hybridized carbons (Fsp3) is 0.600. The smallest absolute Gasteiger partial charge is 0.223 e. The molecule has 19 heavy (non-hydrogen) atoms. The quantitative estimate of drug-likeness (QED) is 0.718. The Labute approximate surface area is 116 Å². The molecular formula is C15H25N3O. The van der Waals surface area contributed by atoms with Crippen LogP contribution in [-0.4, -0.2) is 53.9 Å². The maximum Gasteiger partial charge on any atom is 0.223 e. The van der Waals surface area contributed by atoms with Crippen LogP contribution in [0.2, 0.25) is 0 Å². The summed E-state index contributed by atoms with van der Waals surface area (Å²) in [7, 11) is 2.07. The molecule has 0 N–H and O–H groups in total. The van der Waals surface area contributed by atoms with Gasteiger partial charge in [0.05, 0.1) is 0 Å². The minimum atomic E-state index is 0.251. The van der Waals surface area contributed by atoms with Gasteiger partial charge in [-0.05, 0) is 45.0 Å². The minimum absolute atomic E-state index is 0.251. The zero-order valence-corrected chi connectivity index (χ0v) is 12.3. The molecule has 1 heterocycles. The van der Waals surface area contributed by atoms with Crippen LogP contribution in [-0.2, 0) is 11.2 Å². The van der Waals surface area contributed by atoms with E-state index in [-0.39, 0.29) is 5.91 Å². The topological polar surface area (TPSA) is 36.4 Å². The summed E-state index contributed by atoms with van der Waals surface area (Å²) in [4.78, 5) is 20.0. The predicted octanol–water partition coefficient (Wildman–Crippen LogP) is 1.81. The Kier molecular flexibility index (Phi) is 7.11. The van der Waals surface area contributed by atoms with E-state index in [1.807, 2.05) is 43.3 Å². The predicted molar refractivity (Wildman–Crippen MR) is 78.0 cm³/mol. The zero-order valence-electron chi connectivity index (χ0n) is 12.3. The van der Waals surface area contributed by atoms with E-state index in [9.17, 15) is 4.79 Å². The van der Waals surface area contributed by atoms with Gasteiger partial charge in [0.1, 0.15) is 0 Å². The van der Waals surface area contributed by atoms with Crippen molar-refractivity contribution in [1.29, 1.82) is 0 Å². The van der Waals surface area contributed by atoms with E-state index in [2.05, 4.69) is 16.9 Å². The van der Waals surface area contributed by atoms with Crippen LogP contribution in [0, 0.1) is 0 Å². The fourth-order valence-corrected chi connectivity index (χ4v) is 2.00. The standard InChI is InChI=1S/C15H25N3O/c1-4-18(5-2)15(19)9-13-17(3)12-8-14-6-10-16-11-7-14/h6-7,10-11H,4-5,8-9,12-13H2,1-3H3. The van der Waals surface area contributed by atoms with Gasteiger partial charge < -0.3 is 9.80 Å². The Morgan fingerprint density at radius 3 is 2.37 bits per heavy atom. The molecule has 1 aromatic rings. The Morgan fingerprint density at radius 2 is 1.79 bits per heavy atom. The van der Waals surface area contributed by atoms with E-state index in [0.717, 1.165) is 32.6 Å². The monoisotopic (exact) mass is 263 g/mol. The van der Waals surface area contributed by atoms with Gasteiger partial charge in [-0.15, -0.1) is 0 Å². The number of amides is 1. The Balaban J connectivity index is 2.24. The molecule has 1 aromatic heterocycles. The Morgan fingerprint density at radius 1 is 1.16 bits per heavy atom. The molecule has 0 unspecified atom stereocenters. The second-order valence-corrected chi connectivity index (χ2v) is 4.72. The van der Waals surface area contributed by atoms with Gasteiger partial charge in [-0.25, -0.2) is 0 Å². The van der Waals surface area contributed by atoms with E-state index in [4.69, 9.17) is 0 Å². The number of aromatic nitrogens is 1. The van der Waals surface area contributed by atoms with Gasteiger partial charge in [-0.1, -0.05) is 0 Å². The van der Waals surface area contributed by atoms with E-state index in [0.29, 0.717) is 6.42 Å². The first-order valence-corrected chi connectivity index (χ1v) is 7.02. The maximum atomic E-state index is 11.9. The van der Waals surface area contributed by atoms with Crippen LogP contribution in [0.4, 0.5) is 0 Å². The summed E-state index contributed by atoms with van der Waals surface area (Å²) in [5.74, 6) is 0.251. The Hall–Kier alpha value is -1.42. The van der Waals surface area contributed by atoms with Crippen molar-refractivity contribution in [2.45, 2.75) is 26.7 Å². The summed E-state index contributed by atoms with van der Waals surface area (Å²) in [5, 5.41) is 0. The normalized spacial score (nSPS) is 10.7. The van der Waals surface area contributed by atoms with Gasteiger partial charge in [0, 0.05) is 45.0 Å². The second kappa shape index (κ2) is 8.64. The van der Waals surface area contributed by atoms with Crippen molar-refractivity contribution in [3.05, 3.63) is 30.1 Å². The molecule has 0 bridgehead atoms. The molecule has 0 atom stereocenters. The number of carbonyl (C=O) groups excluding carboxylic acids is 1. The molecule has 0 aliphatic carbocycles. The number of hydrogen-bond donors (Lipinski definition) is 0. The Bertz CT molecular complexity index is 363. The molecule has 0 spiro atoms. The van der Waals surface area contributed by atoms with Gasteiger partial charge in [-0.3, -0.25) is 9.78 Å². The molecule has 0 aromatic carbocycles. The summed E-state index contributed by atoms with van der Waals surface area (Å²) < 4.78 is 0. The van der Waals surface area contributed by atoms with E-state index in [1.54, 1.807) is 0 Å². The SMILES string of the molecule is CCN(CC)C(=O)CCN(C)CCc1ccncc1. The van der Waals surface area contributed by atoms with Crippen LogP contribution >= 0.6 is 0 Å². The largest absolute Gasteiger partial charge is 0.343 e. The van der Waals surface area contributed by atoms with E-state index < -0.39 is 0 Å². The van der Waals surface area contributed by atoms with Gasteiger partial charge in [0.25, 0.3) is 0 Å². The minimum Gasteiger partial charge on any atom is -0.343 e. The van der Waals surface area contributed by atoms with Gasteiger partial charge in [-0.2, -0.15) is 0 Å². The number of nitrogens with zero attached hydrogens (tertiary/aromatic N) is 3. The van der Waals surface area contributed by atoms with Gasteiger partial charge in [0.15, 0.2) is 0 Å². The van der Waals surface area contributed by atoms with Crippen LogP contribution in [0.3, 0.4) is 0 Å². The molecular weight excluding hydrogens is 238 g/mol. The van der Waals surface area contributed by atoms with E-state index in [1.165, 1.54) is 5.56 Å². The lowest BCUT2D eigenvalue weighted by Crippen LogP contribution is -2.33. The molecule has 0 saturated carbocycles. The lowest BCUT2D eigenvalue weighted by atomic mass is 10.2. The highest BCUT2D eigenvalue weighted by molar-refractivity contribution is 5.76. The molecule has 0 fully saturated rings. The third-order valence-electron chi connectivity index (χ3n) is 3.36. The van der Waals surface area contributed by atoms with Crippen LogP contribution in [0.25, 0.3) is 0 Å². The van der Waals surface area contributed by atoms with Crippen LogP contribution in [0.1, 0.15) is 25.8 Å². The number of hydrogen-bond acceptors (Lipinski definition) is 3. The van der Waals surface area contributed by atoms with Crippen molar-refractivity contribution < 1.29 is 4.79 Å². The van der Waals surface area contributed by atoms with E-state index >= 15 is 0 Å². The molecule has 0 saturated heterocycles. The average Bonchev–Trinajstić information content (AvgIpc) is 2.45. The third kappa shape index (κ3) is 5.83. The molecule has 0 aliphatic rings. The molecule has 1 amide bonds. The van der Waals surface area contributed by atoms with Crippen molar-refractivity contribution in [1.82, 2.24) is 14.8 Å². The lowest BCUT2D eigenvalue weighted by Gasteiger charge is -2.21. The molecule has 0 aliphatic heterocycles. The molecule has 4 nitrogen and oxygen atoms in total. The summed E-state index contributed by atoms with van der Waals surface area (Å²) in [6.07, 6.45) is 5.24. The first-order chi connectivity index (χ1) is 9.17. The van der Waals surface area contributed by atoms with Gasteiger partial charge >= 0.3 is 0 Å². The van der Waals surface area contributed by atoms with Crippen molar-refractivity contribution in [3.63, 3.8) is 0 Å². The van der Waals surface area contributed by atoms with Crippen LogP contribution in [0.15, 0.2) is 24.5 Å². The molecule has 4 heteroatoms. The fourth-order valence-electron chi connectivity index (χ4n) is 2.00. The summed E-state index contributed by atoms with van der Waals surface area (Å²) >= 11 is 0. The van der Waals surface area contributed by atoms with Gasteiger partial charge in [0.2, 0.25) is 5.91 Å². The van der Waals surface area contributed by atoms with Crippen LogP contribution < -0.4 is 0 Å². The number of carbonyl (C=O) groups is 1. The second-order valence-electron chi connectivity index (χ2n) is 4.72. The first kappa shape index (κ1) is 15.6. The van der Waals surface area contributed by atoms with Crippen molar-refractivity contribution >= 4 is 5.91 Å². The number of pyridine rings is 1.